The van der Waals surface area contributed by atoms with Gasteiger partial charge < -0.3 is 20.3 Å². The lowest BCUT2D eigenvalue weighted by Crippen LogP contribution is -2.51. The molecule has 0 unspecified atom stereocenters. The highest BCUT2D eigenvalue weighted by molar-refractivity contribution is 5.97. The van der Waals surface area contributed by atoms with Crippen LogP contribution in [-0.4, -0.2) is 61.0 Å². The quantitative estimate of drug-likeness (QED) is 0.572. The van der Waals surface area contributed by atoms with Crippen LogP contribution in [0.25, 0.3) is 0 Å². The summed E-state index contributed by atoms with van der Waals surface area (Å²) in [6, 6.07) is 10.6. The van der Waals surface area contributed by atoms with E-state index in [1.807, 2.05) is 0 Å². The van der Waals surface area contributed by atoms with Crippen molar-refractivity contribution in [2.75, 3.05) is 26.3 Å². The second kappa shape index (κ2) is 11.4. The lowest BCUT2D eigenvalue weighted by atomic mass is 10.1. The van der Waals surface area contributed by atoms with E-state index in [1.54, 1.807) is 17.0 Å². The average Bonchev–Trinajstić information content (AvgIpc) is 3.63. The summed E-state index contributed by atoms with van der Waals surface area (Å²) >= 11 is 0. The Morgan fingerprint density at radius 3 is 2.26 bits per heavy atom. The molecular formula is C26H29F2N3O4. The van der Waals surface area contributed by atoms with Crippen LogP contribution in [0.4, 0.5) is 8.78 Å². The number of halogens is 2. The summed E-state index contributed by atoms with van der Waals surface area (Å²) < 4.78 is 31.6. The van der Waals surface area contributed by atoms with Crippen molar-refractivity contribution in [1.82, 2.24) is 15.5 Å². The van der Waals surface area contributed by atoms with E-state index in [0.29, 0.717) is 39.1 Å². The fourth-order valence-electron chi connectivity index (χ4n) is 4.28. The summed E-state index contributed by atoms with van der Waals surface area (Å²) in [4.78, 5) is 39.8. The van der Waals surface area contributed by atoms with Gasteiger partial charge in [-0.1, -0.05) is 12.1 Å². The van der Waals surface area contributed by atoms with Gasteiger partial charge in [0.05, 0.1) is 13.2 Å². The van der Waals surface area contributed by atoms with E-state index in [9.17, 15) is 23.2 Å². The smallest absolute Gasteiger partial charge is 0.251 e. The van der Waals surface area contributed by atoms with Gasteiger partial charge in [0.15, 0.2) is 0 Å². The number of nitrogens with zero attached hydrogens (tertiary/aromatic N) is 1. The number of carbonyl (C=O) groups is 3. The van der Waals surface area contributed by atoms with E-state index in [0.717, 1.165) is 12.0 Å². The highest BCUT2D eigenvalue weighted by Crippen LogP contribution is 2.40. The van der Waals surface area contributed by atoms with Gasteiger partial charge in [-0.3, -0.25) is 14.4 Å². The van der Waals surface area contributed by atoms with Gasteiger partial charge in [0.1, 0.15) is 17.7 Å². The number of benzene rings is 2. The summed E-state index contributed by atoms with van der Waals surface area (Å²) in [5, 5.41) is 5.74. The zero-order chi connectivity index (χ0) is 24.8. The fraction of sp³-hybridized carbons (Fsp3) is 0.423. The summed E-state index contributed by atoms with van der Waals surface area (Å²) in [6.45, 7) is 1.75. The van der Waals surface area contributed by atoms with Crippen molar-refractivity contribution in [3.8, 4) is 0 Å². The first-order valence-electron chi connectivity index (χ1n) is 11.9. The van der Waals surface area contributed by atoms with E-state index in [2.05, 4.69) is 10.6 Å². The first kappa shape index (κ1) is 24.8. The number of hydrogen-bond donors (Lipinski definition) is 2. The topological polar surface area (TPSA) is 87.7 Å². The Morgan fingerprint density at radius 2 is 1.60 bits per heavy atom. The Morgan fingerprint density at radius 1 is 0.971 bits per heavy atom. The van der Waals surface area contributed by atoms with Crippen LogP contribution >= 0.6 is 0 Å². The van der Waals surface area contributed by atoms with Crippen molar-refractivity contribution in [2.45, 2.75) is 43.7 Å². The Kier molecular flexibility index (Phi) is 8.07. The third-order valence-corrected chi connectivity index (χ3v) is 6.36. The SMILES string of the molecule is O=C(CCC[C@H](NC(=O)c1ccc(F)cc1)C(=O)N1CCOCC1)N[C@@H]1C[C@H]1c1ccc(F)cc1. The molecule has 1 heterocycles. The third-order valence-electron chi connectivity index (χ3n) is 6.36. The van der Waals surface area contributed by atoms with E-state index in [1.165, 1.54) is 36.4 Å². The molecule has 2 fully saturated rings. The minimum absolute atomic E-state index is 0.0249. The molecule has 0 radical (unpaired) electrons. The lowest BCUT2D eigenvalue weighted by molar-refractivity contribution is -0.137. The fourth-order valence-corrected chi connectivity index (χ4v) is 4.28. The molecule has 4 rings (SSSR count). The average molecular weight is 486 g/mol. The van der Waals surface area contributed by atoms with E-state index in [4.69, 9.17) is 4.74 Å². The monoisotopic (exact) mass is 485 g/mol. The van der Waals surface area contributed by atoms with Crippen LogP contribution in [-0.2, 0) is 14.3 Å². The van der Waals surface area contributed by atoms with Crippen LogP contribution in [0.1, 0.15) is 47.5 Å². The van der Waals surface area contributed by atoms with Crippen LogP contribution < -0.4 is 10.6 Å². The van der Waals surface area contributed by atoms with Crippen molar-refractivity contribution in [3.63, 3.8) is 0 Å². The molecule has 7 nitrogen and oxygen atoms in total. The number of amides is 3. The second-order valence-corrected chi connectivity index (χ2v) is 8.93. The molecule has 1 saturated carbocycles. The Hall–Kier alpha value is -3.33. The van der Waals surface area contributed by atoms with Gasteiger partial charge in [0.2, 0.25) is 11.8 Å². The maximum absolute atomic E-state index is 13.2. The molecule has 1 aliphatic carbocycles. The molecule has 2 aliphatic rings. The van der Waals surface area contributed by atoms with Crippen LogP contribution in [0.2, 0.25) is 0 Å². The number of carbonyl (C=O) groups excluding carboxylic acids is 3. The molecule has 0 spiro atoms. The normalized spacial score (nSPS) is 20.1. The molecule has 0 aromatic heterocycles. The molecular weight excluding hydrogens is 456 g/mol. The molecule has 1 aliphatic heterocycles. The van der Waals surface area contributed by atoms with Gasteiger partial charge in [-0.2, -0.15) is 0 Å². The summed E-state index contributed by atoms with van der Waals surface area (Å²) in [5.41, 5.74) is 1.25. The number of hydrogen-bond acceptors (Lipinski definition) is 4. The molecule has 35 heavy (non-hydrogen) atoms. The standard InChI is InChI=1S/C26H29F2N3O4/c27-19-8-4-17(5-9-19)21-16-23(21)29-24(32)3-1-2-22(26(34)31-12-14-35-15-13-31)30-25(33)18-6-10-20(28)11-7-18/h4-11,21-23H,1-3,12-16H2,(H,29,32)(H,30,33)/t21-,22-,23+/m0/s1. The number of rotatable bonds is 9. The van der Waals surface area contributed by atoms with Crippen molar-refractivity contribution in [2.24, 2.45) is 0 Å². The van der Waals surface area contributed by atoms with Crippen LogP contribution in [0, 0.1) is 11.6 Å². The maximum atomic E-state index is 13.2. The molecule has 9 heteroatoms. The number of morpholine rings is 1. The largest absolute Gasteiger partial charge is 0.378 e. The summed E-state index contributed by atoms with van der Waals surface area (Å²) in [6.07, 6.45) is 1.72. The van der Waals surface area contributed by atoms with Crippen molar-refractivity contribution in [3.05, 3.63) is 71.3 Å². The van der Waals surface area contributed by atoms with Gasteiger partial charge in [-0.05, 0) is 61.2 Å². The van der Waals surface area contributed by atoms with E-state index < -0.39 is 17.8 Å². The Labute approximate surface area is 202 Å². The predicted octanol–water partition coefficient (Wildman–Crippen LogP) is 2.76. The Balaban J connectivity index is 1.29. The predicted molar refractivity (Wildman–Crippen MR) is 125 cm³/mol. The minimum atomic E-state index is -0.800. The molecule has 2 aromatic carbocycles. The van der Waals surface area contributed by atoms with E-state index >= 15 is 0 Å². The van der Waals surface area contributed by atoms with Crippen molar-refractivity contribution in [1.29, 1.82) is 0 Å². The molecule has 186 valence electrons. The molecule has 2 N–H and O–H groups in total. The number of nitrogens with one attached hydrogen (secondary N) is 2. The van der Waals surface area contributed by atoms with Crippen LogP contribution in [0.5, 0.6) is 0 Å². The van der Waals surface area contributed by atoms with Gasteiger partial charge in [-0.15, -0.1) is 0 Å². The summed E-state index contributed by atoms with van der Waals surface area (Å²) in [7, 11) is 0. The highest BCUT2D eigenvalue weighted by atomic mass is 19.1. The third kappa shape index (κ3) is 6.85. The molecule has 2 aromatic rings. The molecule has 3 atom stereocenters. The molecule has 0 bridgehead atoms. The lowest BCUT2D eigenvalue weighted by Gasteiger charge is -2.30. The first-order valence-corrected chi connectivity index (χ1v) is 11.9. The van der Waals surface area contributed by atoms with Crippen LogP contribution in [0.3, 0.4) is 0 Å². The zero-order valence-corrected chi connectivity index (χ0v) is 19.3. The maximum Gasteiger partial charge on any atom is 0.251 e. The molecule has 1 saturated heterocycles. The first-order chi connectivity index (χ1) is 16.9. The number of ether oxygens (including phenoxy) is 1. The van der Waals surface area contributed by atoms with Crippen molar-refractivity contribution < 1.29 is 27.9 Å². The van der Waals surface area contributed by atoms with E-state index in [-0.39, 0.29) is 41.6 Å². The van der Waals surface area contributed by atoms with Gasteiger partial charge >= 0.3 is 0 Å². The van der Waals surface area contributed by atoms with Gasteiger partial charge in [0, 0.05) is 37.0 Å². The summed E-state index contributed by atoms with van der Waals surface area (Å²) in [5.74, 6) is -1.37. The minimum Gasteiger partial charge on any atom is -0.378 e. The second-order valence-electron chi connectivity index (χ2n) is 8.93. The molecule has 3 amide bonds. The Bertz CT molecular complexity index is 1040. The van der Waals surface area contributed by atoms with Crippen molar-refractivity contribution >= 4 is 17.7 Å². The van der Waals surface area contributed by atoms with Gasteiger partial charge in [0.25, 0.3) is 5.91 Å². The highest BCUT2D eigenvalue weighted by Gasteiger charge is 2.39. The zero-order valence-electron chi connectivity index (χ0n) is 19.3. The van der Waals surface area contributed by atoms with Gasteiger partial charge in [-0.25, -0.2) is 8.78 Å². The van der Waals surface area contributed by atoms with Crippen LogP contribution in [0.15, 0.2) is 48.5 Å².